The van der Waals surface area contributed by atoms with E-state index in [4.69, 9.17) is 25.8 Å². The molecule has 166 valence electrons. The van der Waals surface area contributed by atoms with Crippen molar-refractivity contribution in [2.45, 2.75) is 26.3 Å². The molecule has 4 rings (SSSR count). The van der Waals surface area contributed by atoms with Gasteiger partial charge in [0.2, 0.25) is 5.91 Å². The number of benzene rings is 2. The van der Waals surface area contributed by atoms with Crippen LogP contribution in [0, 0.1) is 0 Å². The molecule has 1 amide bonds. The van der Waals surface area contributed by atoms with Crippen LogP contribution in [0.1, 0.15) is 37.4 Å². The minimum Gasteiger partial charge on any atom is -0.497 e. The van der Waals surface area contributed by atoms with E-state index in [-0.39, 0.29) is 11.9 Å². The normalized spacial score (nSPS) is 15.6. The fourth-order valence-electron chi connectivity index (χ4n) is 3.91. The summed E-state index contributed by atoms with van der Waals surface area (Å²) in [4.78, 5) is 17.1. The zero-order chi connectivity index (χ0) is 22.8. The molecule has 1 aromatic heterocycles. The first-order valence-corrected chi connectivity index (χ1v) is 10.7. The van der Waals surface area contributed by atoms with Gasteiger partial charge in [-0.15, -0.1) is 0 Å². The van der Waals surface area contributed by atoms with Gasteiger partial charge < -0.3 is 14.2 Å². The summed E-state index contributed by atoms with van der Waals surface area (Å²) >= 11 is 6.62. The van der Waals surface area contributed by atoms with Gasteiger partial charge in [0.1, 0.15) is 27.9 Å². The van der Waals surface area contributed by atoms with Crippen LogP contribution in [-0.4, -0.2) is 42.4 Å². The molecule has 1 atom stereocenters. The Balaban J connectivity index is 1.76. The highest BCUT2D eigenvalue weighted by Gasteiger charge is 2.34. The highest BCUT2D eigenvalue weighted by molar-refractivity contribution is 6.30. The van der Waals surface area contributed by atoms with Gasteiger partial charge in [0.05, 0.1) is 32.6 Å². The van der Waals surface area contributed by atoms with Crippen molar-refractivity contribution >= 4 is 34.1 Å². The average molecular weight is 454 g/mol. The molecule has 0 N–H and O–H groups in total. The first-order chi connectivity index (χ1) is 15.5. The van der Waals surface area contributed by atoms with E-state index in [1.807, 2.05) is 43.3 Å². The summed E-state index contributed by atoms with van der Waals surface area (Å²) < 4.78 is 16.5. The number of methoxy groups -OCH3 is 2. The molecule has 0 bridgehead atoms. The zero-order valence-electron chi connectivity index (χ0n) is 18.4. The fourth-order valence-corrected chi connectivity index (χ4v) is 4.18. The number of carbonyl (C=O) groups excluding carboxylic acids is 1. The minimum absolute atomic E-state index is 0.184. The van der Waals surface area contributed by atoms with Gasteiger partial charge in [0.15, 0.2) is 0 Å². The van der Waals surface area contributed by atoms with E-state index >= 15 is 0 Å². The largest absolute Gasteiger partial charge is 0.497 e. The molecule has 0 aliphatic carbocycles. The maximum atomic E-state index is 12.5. The Labute approximate surface area is 191 Å². The monoisotopic (exact) mass is 453 g/mol. The van der Waals surface area contributed by atoms with Crippen LogP contribution in [0.4, 0.5) is 0 Å². The number of aromatic nitrogens is 1. The molecule has 8 heteroatoms. The quantitative estimate of drug-likeness (QED) is 0.491. The van der Waals surface area contributed by atoms with Crippen molar-refractivity contribution in [3.63, 3.8) is 0 Å². The van der Waals surface area contributed by atoms with E-state index in [1.54, 1.807) is 20.3 Å². The molecule has 0 spiro atoms. The third-order valence-corrected chi connectivity index (χ3v) is 5.70. The second kappa shape index (κ2) is 9.04. The lowest BCUT2D eigenvalue weighted by Gasteiger charge is -2.21. The van der Waals surface area contributed by atoms with Gasteiger partial charge in [-0.25, -0.2) is 9.99 Å². The van der Waals surface area contributed by atoms with Crippen molar-refractivity contribution in [3.05, 3.63) is 58.7 Å². The molecule has 2 heterocycles. The zero-order valence-corrected chi connectivity index (χ0v) is 19.1. The van der Waals surface area contributed by atoms with Crippen LogP contribution in [-0.2, 0) is 4.79 Å². The Bertz CT molecular complexity index is 1210. The van der Waals surface area contributed by atoms with Crippen LogP contribution >= 0.6 is 11.6 Å². The summed E-state index contributed by atoms with van der Waals surface area (Å²) in [6.07, 6.45) is 0.473. The number of amides is 1. The Morgan fingerprint density at radius 1 is 1.16 bits per heavy atom. The van der Waals surface area contributed by atoms with Gasteiger partial charge in [-0.2, -0.15) is 5.10 Å². The molecule has 0 saturated carbocycles. The number of nitrogens with zero attached hydrogens (tertiary/aromatic N) is 3. The summed E-state index contributed by atoms with van der Waals surface area (Å²) in [5.41, 5.74) is 2.94. The number of hydrogen-bond acceptors (Lipinski definition) is 6. The lowest BCUT2D eigenvalue weighted by atomic mass is 9.97. The van der Waals surface area contributed by atoms with Gasteiger partial charge in [-0.05, 0) is 31.2 Å². The van der Waals surface area contributed by atoms with E-state index in [9.17, 15) is 4.79 Å². The average Bonchev–Trinajstić information content (AvgIpc) is 3.24. The molecule has 0 fully saturated rings. The number of para-hydroxylation sites is 1. The number of pyridine rings is 1. The first-order valence-electron chi connectivity index (χ1n) is 10.3. The van der Waals surface area contributed by atoms with Crippen molar-refractivity contribution in [3.8, 4) is 17.2 Å². The number of fused-ring (bicyclic) bond motifs is 1. The van der Waals surface area contributed by atoms with E-state index in [2.05, 4.69) is 10.1 Å². The summed E-state index contributed by atoms with van der Waals surface area (Å²) in [5, 5.41) is 7.28. The number of halogens is 1. The van der Waals surface area contributed by atoms with Gasteiger partial charge in [-0.3, -0.25) is 4.79 Å². The third kappa shape index (κ3) is 3.96. The molecule has 0 saturated heterocycles. The summed E-state index contributed by atoms with van der Waals surface area (Å²) in [5.74, 6) is 1.79. The van der Waals surface area contributed by atoms with Crippen LogP contribution < -0.4 is 14.2 Å². The Morgan fingerprint density at radius 3 is 2.66 bits per heavy atom. The Morgan fingerprint density at radius 2 is 1.97 bits per heavy atom. The van der Waals surface area contributed by atoms with Crippen molar-refractivity contribution in [1.82, 2.24) is 9.99 Å². The van der Waals surface area contributed by atoms with Gasteiger partial charge in [0, 0.05) is 35.9 Å². The van der Waals surface area contributed by atoms with E-state index < -0.39 is 0 Å². The van der Waals surface area contributed by atoms with Crippen molar-refractivity contribution in [2.24, 2.45) is 5.10 Å². The minimum atomic E-state index is -0.380. The number of hydrogen-bond donors (Lipinski definition) is 0. The number of carbonyl (C=O) groups is 1. The molecule has 1 aliphatic rings. The highest BCUT2D eigenvalue weighted by Crippen LogP contribution is 2.40. The predicted octanol–water partition coefficient (Wildman–Crippen LogP) is 5.00. The lowest BCUT2D eigenvalue weighted by Crippen LogP contribution is -2.24. The van der Waals surface area contributed by atoms with E-state index in [0.29, 0.717) is 40.9 Å². The van der Waals surface area contributed by atoms with Gasteiger partial charge >= 0.3 is 0 Å². The summed E-state index contributed by atoms with van der Waals surface area (Å²) in [7, 11) is 3.19. The predicted molar refractivity (Wildman–Crippen MR) is 124 cm³/mol. The van der Waals surface area contributed by atoms with Crippen molar-refractivity contribution in [2.75, 3.05) is 20.8 Å². The fraction of sp³-hybridized carbons (Fsp3) is 0.292. The molecule has 1 aliphatic heterocycles. The summed E-state index contributed by atoms with van der Waals surface area (Å²) in [6, 6.07) is 12.8. The van der Waals surface area contributed by atoms with Crippen molar-refractivity contribution < 1.29 is 19.0 Å². The summed E-state index contributed by atoms with van der Waals surface area (Å²) in [6.45, 7) is 3.94. The number of rotatable bonds is 6. The maximum absolute atomic E-state index is 12.5. The lowest BCUT2D eigenvalue weighted by molar-refractivity contribution is -0.130. The molecule has 0 radical (unpaired) electrons. The van der Waals surface area contributed by atoms with Crippen molar-refractivity contribution in [1.29, 1.82) is 0 Å². The van der Waals surface area contributed by atoms with E-state index in [1.165, 1.54) is 11.9 Å². The van der Waals surface area contributed by atoms with Crippen LogP contribution in [0.2, 0.25) is 5.15 Å². The molecule has 0 unspecified atom stereocenters. The standard InChI is InChI=1S/C24H24ClN3O4/c1-5-32-21-8-6-7-15-11-18(24(25)26-23(15)21)20-13-19(27-28(20)14(2)29)17-10-9-16(30-3)12-22(17)31-4/h6-12,20H,5,13H2,1-4H3/t20-/m1/s1. The van der Waals surface area contributed by atoms with Crippen LogP contribution in [0.3, 0.4) is 0 Å². The van der Waals surface area contributed by atoms with Crippen LogP contribution in [0.5, 0.6) is 17.2 Å². The van der Waals surface area contributed by atoms with Crippen LogP contribution in [0.15, 0.2) is 47.6 Å². The highest BCUT2D eigenvalue weighted by atomic mass is 35.5. The third-order valence-electron chi connectivity index (χ3n) is 5.40. The second-order valence-electron chi connectivity index (χ2n) is 7.33. The van der Waals surface area contributed by atoms with Gasteiger partial charge in [-0.1, -0.05) is 23.7 Å². The second-order valence-corrected chi connectivity index (χ2v) is 7.68. The Kier molecular flexibility index (Phi) is 6.19. The van der Waals surface area contributed by atoms with Gasteiger partial charge in [0.25, 0.3) is 0 Å². The SMILES string of the molecule is CCOc1cccc2cc([C@H]3CC(c4ccc(OC)cc4OC)=NN3C(C)=O)c(Cl)nc12. The molecular weight excluding hydrogens is 430 g/mol. The first kappa shape index (κ1) is 21.9. The topological polar surface area (TPSA) is 73.2 Å². The smallest absolute Gasteiger partial charge is 0.240 e. The number of ether oxygens (including phenoxy) is 3. The van der Waals surface area contributed by atoms with Crippen LogP contribution in [0.25, 0.3) is 10.9 Å². The molecule has 2 aromatic carbocycles. The Hall–Kier alpha value is -3.32. The maximum Gasteiger partial charge on any atom is 0.240 e. The molecule has 32 heavy (non-hydrogen) atoms. The molecule has 7 nitrogen and oxygen atoms in total. The number of hydrazone groups is 1. The molecular formula is C24H24ClN3O4. The molecule has 3 aromatic rings. The van der Waals surface area contributed by atoms with E-state index in [0.717, 1.165) is 22.2 Å².